The fourth-order valence-electron chi connectivity index (χ4n) is 4.17. The second kappa shape index (κ2) is 6.91. The molecule has 1 aliphatic heterocycles. The molecule has 3 aromatic rings. The molecular formula is C24H21FN4O2. The second-order valence-electron chi connectivity index (χ2n) is 8.41. The Morgan fingerprint density at radius 3 is 2.87 bits per heavy atom. The normalized spacial score (nSPS) is 17.1. The van der Waals surface area contributed by atoms with Gasteiger partial charge >= 0.3 is 0 Å². The lowest BCUT2D eigenvalue weighted by atomic mass is 9.91. The van der Waals surface area contributed by atoms with E-state index in [4.69, 9.17) is 0 Å². The van der Waals surface area contributed by atoms with Gasteiger partial charge in [0.2, 0.25) is 0 Å². The number of hydrogen-bond donors (Lipinski definition) is 3. The number of pyridine rings is 1. The summed E-state index contributed by atoms with van der Waals surface area (Å²) in [5.41, 5.74) is 4.47. The Morgan fingerprint density at radius 1 is 1.23 bits per heavy atom. The number of rotatable bonds is 3. The van der Waals surface area contributed by atoms with Gasteiger partial charge in [0.1, 0.15) is 11.5 Å². The van der Waals surface area contributed by atoms with Crippen LogP contribution in [0.2, 0.25) is 0 Å². The molecule has 0 saturated heterocycles. The average Bonchev–Trinajstić information content (AvgIpc) is 3.25. The molecule has 2 aromatic heterocycles. The fraction of sp³-hybridized carbons (Fsp3) is 0.208. The molecule has 0 unspecified atom stereocenters. The van der Waals surface area contributed by atoms with Crippen LogP contribution in [0.5, 0.6) is 0 Å². The molecule has 0 atom stereocenters. The fourth-order valence-corrected chi connectivity index (χ4v) is 4.17. The SMILES string of the molecule is CC1(C)NC(=O)c2ccc(-c3c[nH]c4ncc(C(=O)NC5=CCCC(F)=C5)cc34)cc21. The van der Waals surface area contributed by atoms with E-state index in [-0.39, 0.29) is 17.6 Å². The van der Waals surface area contributed by atoms with Crippen LogP contribution in [0.15, 0.2) is 60.3 Å². The highest BCUT2D eigenvalue weighted by Gasteiger charge is 2.35. The van der Waals surface area contributed by atoms with Crippen molar-refractivity contribution in [3.05, 3.63) is 77.0 Å². The molecular weight excluding hydrogens is 395 g/mol. The van der Waals surface area contributed by atoms with Gasteiger partial charge < -0.3 is 15.6 Å². The average molecular weight is 416 g/mol. The number of carbonyl (C=O) groups is 2. The number of halogens is 1. The molecule has 0 saturated carbocycles. The first kappa shape index (κ1) is 19.2. The monoisotopic (exact) mass is 416 g/mol. The number of aromatic amines is 1. The first-order valence-electron chi connectivity index (χ1n) is 10.1. The predicted molar refractivity (Wildman–Crippen MR) is 116 cm³/mol. The van der Waals surface area contributed by atoms with Crippen LogP contribution < -0.4 is 10.6 Å². The smallest absolute Gasteiger partial charge is 0.257 e. The van der Waals surface area contributed by atoms with E-state index in [9.17, 15) is 14.0 Å². The van der Waals surface area contributed by atoms with Crippen LogP contribution in [0.4, 0.5) is 4.39 Å². The zero-order chi connectivity index (χ0) is 21.8. The molecule has 0 spiro atoms. The van der Waals surface area contributed by atoms with Crippen LogP contribution in [0.3, 0.4) is 0 Å². The maximum atomic E-state index is 13.5. The summed E-state index contributed by atoms with van der Waals surface area (Å²) in [6, 6.07) is 7.50. The Bertz CT molecular complexity index is 1320. The van der Waals surface area contributed by atoms with Crippen LogP contribution in [0.1, 0.15) is 53.0 Å². The third kappa shape index (κ3) is 3.32. The van der Waals surface area contributed by atoms with Crippen LogP contribution in [0, 0.1) is 0 Å². The molecule has 6 nitrogen and oxygen atoms in total. The molecule has 0 radical (unpaired) electrons. The summed E-state index contributed by atoms with van der Waals surface area (Å²) in [6.45, 7) is 3.94. The van der Waals surface area contributed by atoms with Gasteiger partial charge in [-0.15, -0.1) is 0 Å². The lowest BCUT2D eigenvalue weighted by Gasteiger charge is -2.19. The van der Waals surface area contributed by atoms with Crippen molar-refractivity contribution < 1.29 is 14.0 Å². The summed E-state index contributed by atoms with van der Waals surface area (Å²) >= 11 is 0. The third-order valence-corrected chi connectivity index (χ3v) is 5.79. The topological polar surface area (TPSA) is 86.9 Å². The molecule has 1 aromatic carbocycles. The second-order valence-corrected chi connectivity index (χ2v) is 8.41. The van der Waals surface area contributed by atoms with Crippen molar-refractivity contribution in [3.8, 4) is 11.1 Å². The van der Waals surface area contributed by atoms with Crippen molar-refractivity contribution in [2.45, 2.75) is 32.2 Å². The Hall–Kier alpha value is -3.74. The van der Waals surface area contributed by atoms with Crippen molar-refractivity contribution in [2.75, 3.05) is 0 Å². The Labute approximate surface area is 178 Å². The van der Waals surface area contributed by atoms with Crippen molar-refractivity contribution in [3.63, 3.8) is 0 Å². The van der Waals surface area contributed by atoms with Crippen LogP contribution in [0.25, 0.3) is 22.2 Å². The summed E-state index contributed by atoms with van der Waals surface area (Å²) in [5, 5.41) is 6.52. The number of aromatic nitrogens is 2. The van der Waals surface area contributed by atoms with E-state index in [1.54, 1.807) is 12.1 Å². The molecule has 3 heterocycles. The summed E-state index contributed by atoms with van der Waals surface area (Å²) in [7, 11) is 0. The Morgan fingerprint density at radius 2 is 2.06 bits per heavy atom. The predicted octanol–water partition coefficient (Wildman–Crippen LogP) is 4.47. The number of nitrogens with zero attached hydrogens (tertiary/aromatic N) is 1. The minimum atomic E-state index is -0.450. The minimum absolute atomic E-state index is 0.0754. The maximum Gasteiger partial charge on any atom is 0.257 e. The lowest BCUT2D eigenvalue weighted by molar-refractivity contribution is 0.0937. The van der Waals surface area contributed by atoms with Crippen LogP contribution in [-0.2, 0) is 5.54 Å². The third-order valence-electron chi connectivity index (χ3n) is 5.79. The zero-order valence-electron chi connectivity index (χ0n) is 17.2. The summed E-state index contributed by atoms with van der Waals surface area (Å²) in [6.07, 6.45) is 7.41. The van der Waals surface area contributed by atoms with E-state index >= 15 is 0 Å². The standard InChI is InChI=1S/C24H21FN4O2/c1-24(2)20-9-13(6-7-17(20)23(31)29-24)19-12-27-21-18(19)8-14(11-26-21)22(30)28-16-5-3-4-15(25)10-16/h5-12H,3-4H2,1-2H3,(H,26,27)(H,28,30)(H,29,31). The number of H-pyrrole nitrogens is 1. The van der Waals surface area contributed by atoms with Gasteiger partial charge in [0, 0.05) is 41.0 Å². The van der Waals surface area contributed by atoms with Gasteiger partial charge in [0.05, 0.1) is 11.1 Å². The highest BCUT2D eigenvalue weighted by Crippen LogP contribution is 2.36. The largest absolute Gasteiger partial charge is 0.346 e. The number of hydrogen-bond acceptors (Lipinski definition) is 3. The van der Waals surface area contributed by atoms with Crippen molar-refractivity contribution in [1.82, 2.24) is 20.6 Å². The van der Waals surface area contributed by atoms with Crippen LogP contribution >= 0.6 is 0 Å². The van der Waals surface area contributed by atoms with Gasteiger partial charge in [-0.2, -0.15) is 0 Å². The first-order valence-corrected chi connectivity index (χ1v) is 10.1. The number of nitrogens with one attached hydrogen (secondary N) is 3. The van der Waals surface area contributed by atoms with Crippen LogP contribution in [-0.4, -0.2) is 21.8 Å². The van der Waals surface area contributed by atoms with Gasteiger partial charge in [0.15, 0.2) is 0 Å². The Balaban J connectivity index is 1.51. The van der Waals surface area contributed by atoms with E-state index in [1.807, 2.05) is 38.2 Å². The molecule has 0 bridgehead atoms. The molecule has 1 aliphatic carbocycles. The van der Waals surface area contributed by atoms with Crippen molar-refractivity contribution in [1.29, 1.82) is 0 Å². The van der Waals surface area contributed by atoms with Gasteiger partial charge in [0.25, 0.3) is 11.8 Å². The highest BCUT2D eigenvalue weighted by atomic mass is 19.1. The van der Waals surface area contributed by atoms with Crippen molar-refractivity contribution in [2.24, 2.45) is 0 Å². The summed E-state index contributed by atoms with van der Waals surface area (Å²) in [5.74, 6) is -0.663. The van der Waals surface area contributed by atoms with E-state index in [1.165, 1.54) is 12.3 Å². The molecule has 156 valence electrons. The number of fused-ring (bicyclic) bond motifs is 2. The van der Waals surface area contributed by atoms with E-state index in [0.717, 1.165) is 22.1 Å². The van der Waals surface area contributed by atoms with Crippen molar-refractivity contribution >= 4 is 22.8 Å². The number of allylic oxidation sites excluding steroid dienone is 3. The number of amides is 2. The van der Waals surface area contributed by atoms with Gasteiger partial charge in [-0.3, -0.25) is 9.59 Å². The summed E-state index contributed by atoms with van der Waals surface area (Å²) < 4.78 is 13.5. The van der Waals surface area contributed by atoms with Gasteiger partial charge in [-0.05, 0) is 55.7 Å². The molecule has 31 heavy (non-hydrogen) atoms. The maximum absolute atomic E-state index is 13.5. The molecule has 2 amide bonds. The van der Waals surface area contributed by atoms with Gasteiger partial charge in [-0.1, -0.05) is 12.1 Å². The zero-order valence-corrected chi connectivity index (χ0v) is 17.2. The minimum Gasteiger partial charge on any atom is -0.346 e. The van der Waals surface area contributed by atoms with Gasteiger partial charge in [-0.25, -0.2) is 9.37 Å². The quantitative estimate of drug-likeness (QED) is 0.589. The number of carbonyl (C=O) groups excluding carboxylic acids is 2. The molecule has 3 N–H and O–H groups in total. The molecule has 0 fully saturated rings. The first-order chi connectivity index (χ1) is 14.8. The molecule has 5 rings (SSSR count). The highest BCUT2D eigenvalue weighted by molar-refractivity contribution is 6.03. The Kier molecular flexibility index (Phi) is 4.28. The van der Waals surface area contributed by atoms with E-state index < -0.39 is 5.54 Å². The lowest BCUT2D eigenvalue weighted by Crippen LogP contribution is -2.32. The number of benzene rings is 1. The molecule has 7 heteroatoms. The van der Waals surface area contributed by atoms with E-state index in [2.05, 4.69) is 20.6 Å². The molecule has 2 aliphatic rings. The summed E-state index contributed by atoms with van der Waals surface area (Å²) in [4.78, 5) is 32.4. The van der Waals surface area contributed by atoms with E-state index in [0.29, 0.717) is 35.3 Å².